The van der Waals surface area contributed by atoms with E-state index in [1.165, 1.54) is 4.90 Å². The van der Waals surface area contributed by atoms with Gasteiger partial charge in [0.15, 0.2) is 5.37 Å². The molecule has 1 saturated heterocycles. The molecule has 0 spiro atoms. The van der Waals surface area contributed by atoms with Gasteiger partial charge in [-0.25, -0.2) is 0 Å². The van der Waals surface area contributed by atoms with E-state index in [0.29, 0.717) is 0 Å². The molecule has 1 fully saturated rings. The van der Waals surface area contributed by atoms with Crippen LogP contribution in [0.25, 0.3) is 0 Å². The lowest BCUT2D eigenvalue weighted by atomic mass is 10.2. The number of nitrogens with zero attached hydrogens (tertiary/aromatic N) is 1. The van der Waals surface area contributed by atoms with Crippen molar-refractivity contribution in [2.45, 2.75) is 32.2 Å². The van der Waals surface area contributed by atoms with Crippen LogP contribution < -0.4 is 5.32 Å². The summed E-state index contributed by atoms with van der Waals surface area (Å²) in [6, 6.07) is 7.66. The number of hydrogen-bond donors (Lipinski definition) is 1. The molecule has 0 aliphatic carbocycles. The van der Waals surface area contributed by atoms with Crippen molar-refractivity contribution >= 4 is 28.6 Å². The molecule has 4 nitrogen and oxygen atoms in total. The Hall–Kier alpha value is -1.49. The summed E-state index contributed by atoms with van der Waals surface area (Å²) in [6.45, 7) is 5.66. The Morgan fingerprint density at radius 2 is 2.06 bits per heavy atom. The highest BCUT2D eigenvalue weighted by Gasteiger charge is 2.40. The number of rotatable bonds is 3. The van der Waals surface area contributed by atoms with Gasteiger partial charge in [-0.15, -0.1) is 0 Å². The highest BCUT2D eigenvalue weighted by atomic mass is 32.2. The summed E-state index contributed by atoms with van der Waals surface area (Å²) in [5.74, 6) is -0.165. The maximum Gasteiger partial charge on any atom is 0.291 e. The van der Waals surface area contributed by atoms with E-state index in [1.54, 1.807) is 0 Å². The Morgan fingerprint density at radius 3 is 2.61 bits per heavy atom. The summed E-state index contributed by atoms with van der Waals surface area (Å²) in [6.07, 6.45) is 0. The average Bonchev–Trinajstić information content (AvgIpc) is 2.54. The predicted molar refractivity (Wildman–Crippen MR) is 73.6 cm³/mol. The van der Waals surface area contributed by atoms with Crippen LogP contribution in [0.5, 0.6) is 0 Å². The van der Waals surface area contributed by atoms with Crippen molar-refractivity contribution in [3.8, 4) is 0 Å². The van der Waals surface area contributed by atoms with Gasteiger partial charge >= 0.3 is 0 Å². The number of hydrogen-bond acceptors (Lipinski definition) is 4. The number of amides is 2. The lowest BCUT2D eigenvalue weighted by molar-refractivity contribution is -0.127. The summed E-state index contributed by atoms with van der Waals surface area (Å²) in [5.41, 5.74) is 1.97. The van der Waals surface area contributed by atoms with Crippen LogP contribution >= 0.6 is 11.8 Å². The third kappa shape index (κ3) is 2.51. The molecule has 18 heavy (non-hydrogen) atoms. The molecule has 0 saturated carbocycles. The van der Waals surface area contributed by atoms with Crippen LogP contribution in [0.4, 0.5) is 10.5 Å². The second-order valence-corrected chi connectivity index (χ2v) is 5.64. The topological polar surface area (TPSA) is 49.4 Å². The molecule has 1 aliphatic heterocycles. The van der Waals surface area contributed by atoms with E-state index in [9.17, 15) is 9.59 Å². The number of aryl methyl sites for hydroxylation is 1. The number of thioether (sulfide) groups is 1. The monoisotopic (exact) mass is 264 g/mol. The van der Waals surface area contributed by atoms with Gasteiger partial charge < -0.3 is 5.32 Å². The van der Waals surface area contributed by atoms with Crippen molar-refractivity contribution in [2.24, 2.45) is 0 Å². The highest BCUT2D eigenvalue weighted by Crippen LogP contribution is 2.29. The van der Waals surface area contributed by atoms with E-state index in [2.05, 4.69) is 5.32 Å². The molecular formula is C13H16N2O2S. The summed E-state index contributed by atoms with van der Waals surface area (Å²) < 4.78 is 0. The van der Waals surface area contributed by atoms with E-state index in [-0.39, 0.29) is 17.2 Å². The minimum Gasteiger partial charge on any atom is -0.365 e. The second-order valence-electron chi connectivity index (χ2n) is 4.58. The van der Waals surface area contributed by atoms with Crippen LogP contribution in [0.1, 0.15) is 19.4 Å². The molecule has 0 unspecified atom stereocenters. The van der Waals surface area contributed by atoms with Crippen molar-refractivity contribution < 1.29 is 9.59 Å². The number of carbonyl (C=O) groups is 2. The summed E-state index contributed by atoms with van der Waals surface area (Å²) in [7, 11) is 0. The van der Waals surface area contributed by atoms with Crippen LogP contribution in [0.2, 0.25) is 0 Å². The van der Waals surface area contributed by atoms with Gasteiger partial charge in [0.1, 0.15) is 0 Å². The first kappa shape index (κ1) is 13.0. The lowest BCUT2D eigenvalue weighted by Crippen LogP contribution is -2.38. The van der Waals surface area contributed by atoms with Gasteiger partial charge in [0.25, 0.3) is 11.1 Å². The zero-order valence-corrected chi connectivity index (χ0v) is 11.5. The van der Waals surface area contributed by atoms with E-state index >= 15 is 0 Å². The largest absolute Gasteiger partial charge is 0.365 e. The van der Waals surface area contributed by atoms with Crippen LogP contribution in [0.15, 0.2) is 24.3 Å². The maximum atomic E-state index is 12.1. The van der Waals surface area contributed by atoms with Crippen LogP contribution in [0, 0.1) is 6.92 Å². The molecule has 2 amide bonds. The Bertz CT molecular complexity index is 488. The fourth-order valence-corrected chi connectivity index (χ4v) is 2.89. The number of nitrogens with one attached hydrogen (secondary N) is 1. The minimum atomic E-state index is -0.512. The zero-order chi connectivity index (χ0) is 13.3. The molecule has 1 atom stereocenters. The van der Waals surface area contributed by atoms with Gasteiger partial charge in [-0.3, -0.25) is 14.5 Å². The van der Waals surface area contributed by atoms with E-state index in [4.69, 9.17) is 0 Å². The van der Waals surface area contributed by atoms with Gasteiger partial charge in [-0.1, -0.05) is 12.1 Å². The fourth-order valence-electron chi connectivity index (χ4n) is 1.87. The Labute approximate surface area is 111 Å². The fraction of sp³-hybridized carbons (Fsp3) is 0.385. The molecule has 96 valence electrons. The van der Waals surface area contributed by atoms with Crippen LogP contribution in [-0.4, -0.2) is 27.5 Å². The molecule has 0 aromatic heterocycles. The van der Waals surface area contributed by atoms with Gasteiger partial charge in [-0.2, -0.15) is 0 Å². The van der Waals surface area contributed by atoms with Gasteiger partial charge in [-0.05, 0) is 50.2 Å². The molecule has 1 aromatic rings. The molecule has 0 bridgehead atoms. The van der Waals surface area contributed by atoms with Crippen molar-refractivity contribution in [3.05, 3.63) is 29.8 Å². The Balaban J connectivity index is 2.12. The summed E-state index contributed by atoms with van der Waals surface area (Å²) >= 11 is 1.04. The van der Waals surface area contributed by atoms with Crippen molar-refractivity contribution in [3.63, 3.8) is 0 Å². The first-order chi connectivity index (χ1) is 8.49. The van der Waals surface area contributed by atoms with Crippen molar-refractivity contribution in [1.82, 2.24) is 4.90 Å². The quantitative estimate of drug-likeness (QED) is 0.912. The third-order valence-electron chi connectivity index (χ3n) is 2.71. The SMILES string of the molecule is Cc1cccc(N[C@H]2SC(=O)N(C(C)C)C2=O)c1. The van der Waals surface area contributed by atoms with Crippen molar-refractivity contribution in [1.29, 1.82) is 0 Å². The van der Waals surface area contributed by atoms with Crippen LogP contribution in [-0.2, 0) is 4.79 Å². The van der Waals surface area contributed by atoms with Crippen molar-refractivity contribution in [2.75, 3.05) is 5.32 Å². The summed E-state index contributed by atoms with van der Waals surface area (Å²) in [5, 5.41) is 2.40. The third-order valence-corrected chi connectivity index (χ3v) is 3.66. The first-order valence-electron chi connectivity index (χ1n) is 5.86. The Morgan fingerprint density at radius 1 is 1.33 bits per heavy atom. The predicted octanol–water partition coefficient (Wildman–Crippen LogP) is 2.84. The van der Waals surface area contributed by atoms with E-state index in [1.807, 2.05) is 45.0 Å². The molecule has 1 aromatic carbocycles. The zero-order valence-electron chi connectivity index (χ0n) is 10.6. The van der Waals surface area contributed by atoms with Gasteiger partial charge in [0.05, 0.1) is 0 Å². The standard InChI is InChI=1S/C13H16N2O2S/c1-8(2)15-12(16)11(18-13(15)17)14-10-6-4-5-9(3)7-10/h4-8,11,14H,1-3H3/t11-/m0/s1. The van der Waals surface area contributed by atoms with Gasteiger partial charge in [0, 0.05) is 11.7 Å². The number of benzene rings is 1. The second kappa shape index (κ2) is 5.02. The molecule has 5 heteroatoms. The Kier molecular flexibility index (Phi) is 3.61. The molecule has 1 N–H and O–H groups in total. The number of imide groups is 1. The van der Waals surface area contributed by atoms with E-state index in [0.717, 1.165) is 23.0 Å². The molecule has 1 heterocycles. The van der Waals surface area contributed by atoms with E-state index < -0.39 is 5.37 Å². The summed E-state index contributed by atoms with van der Waals surface area (Å²) in [4.78, 5) is 25.1. The molecule has 0 radical (unpaired) electrons. The average molecular weight is 264 g/mol. The number of carbonyl (C=O) groups excluding carboxylic acids is 2. The maximum absolute atomic E-state index is 12.1. The molecular weight excluding hydrogens is 248 g/mol. The molecule has 2 rings (SSSR count). The first-order valence-corrected chi connectivity index (χ1v) is 6.74. The van der Waals surface area contributed by atoms with Crippen LogP contribution in [0.3, 0.4) is 0 Å². The normalized spacial score (nSPS) is 19.8. The minimum absolute atomic E-state index is 0.0955. The smallest absolute Gasteiger partial charge is 0.291 e. The lowest BCUT2D eigenvalue weighted by Gasteiger charge is -2.18. The van der Waals surface area contributed by atoms with Gasteiger partial charge in [0.2, 0.25) is 0 Å². The molecule has 1 aliphatic rings. The highest BCUT2D eigenvalue weighted by molar-refractivity contribution is 8.15. The number of anilines is 1.